The van der Waals surface area contributed by atoms with Crippen LogP contribution in [-0.4, -0.2) is 57.4 Å². The van der Waals surface area contributed by atoms with E-state index in [4.69, 9.17) is 16.3 Å². The van der Waals surface area contributed by atoms with Crippen molar-refractivity contribution in [2.45, 2.75) is 19.4 Å². The Labute approximate surface area is 257 Å². The van der Waals surface area contributed by atoms with E-state index in [-0.39, 0.29) is 51.1 Å². The normalized spacial score (nSPS) is 13.4. The number of nitrogens with one attached hydrogen (secondary N) is 2. The van der Waals surface area contributed by atoms with Crippen LogP contribution in [0.3, 0.4) is 0 Å². The summed E-state index contributed by atoms with van der Waals surface area (Å²) in [4.78, 5) is 48.5. The molecular weight excluding hydrogens is 594 g/mol. The lowest BCUT2D eigenvalue weighted by atomic mass is 9.95. The first-order valence-electron chi connectivity index (χ1n) is 13.8. The van der Waals surface area contributed by atoms with E-state index in [1.807, 2.05) is 12.1 Å². The molecule has 3 heterocycles. The van der Waals surface area contributed by atoms with E-state index in [9.17, 15) is 23.2 Å². The molecular formula is C31H29ClF2N6O4. The fourth-order valence-corrected chi connectivity index (χ4v) is 5.32. The van der Waals surface area contributed by atoms with E-state index in [0.717, 1.165) is 5.56 Å². The molecule has 1 saturated heterocycles. The largest absolute Gasteiger partial charge is 0.494 e. The number of hydrogen-bond acceptors (Lipinski definition) is 6. The summed E-state index contributed by atoms with van der Waals surface area (Å²) in [6.45, 7) is 1.23. The Morgan fingerprint density at radius 2 is 1.77 bits per heavy atom. The van der Waals surface area contributed by atoms with Gasteiger partial charge in [0.25, 0.3) is 11.8 Å². The third-order valence-electron chi connectivity index (χ3n) is 7.56. The fraction of sp³-hybridized carbons (Fsp3) is 0.258. The van der Waals surface area contributed by atoms with Gasteiger partial charge in [-0.3, -0.25) is 19.4 Å². The van der Waals surface area contributed by atoms with Crippen LogP contribution in [0.2, 0.25) is 5.02 Å². The van der Waals surface area contributed by atoms with Crippen LogP contribution >= 0.6 is 11.6 Å². The van der Waals surface area contributed by atoms with Crippen molar-refractivity contribution >= 4 is 35.0 Å². The molecule has 13 heteroatoms. The number of aromatic nitrogens is 3. The first-order chi connectivity index (χ1) is 21.2. The van der Waals surface area contributed by atoms with Crippen molar-refractivity contribution in [3.8, 4) is 17.0 Å². The Bertz CT molecular complexity index is 1710. The molecule has 44 heavy (non-hydrogen) atoms. The van der Waals surface area contributed by atoms with Gasteiger partial charge in [0.2, 0.25) is 11.7 Å². The van der Waals surface area contributed by atoms with E-state index in [1.165, 1.54) is 49.2 Å². The third-order valence-corrected chi connectivity index (χ3v) is 7.87. The SMILES string of the molecule is COc1ccc(-c2cnc(C(=O)Nc3ccc(C(=O)N4CCC(C(=O)NCc5ccncc5)CC4)c(Cl)c3)n2C)c(F)c1F. The van der Waals surface area contributed by atoms with E-state index in [0.29, 0.717) is 38.2 Å². The number of rotatable bonds is 8. The minimum Gasteiger partial charge on any atom is -0.494 e. The highest BCUT2D eigenvalue weighted by Crippen LogP contribution is 2.30. The Hall–Kier alpha value is -4.84. The summed E-state index contributed by atoms with van der Waals surface area (Å²) in [5.41, 5.74) is 1.63. The molecule has 10 nitrogen and oxygen atoms in total. The minimum absolute atomic E-state index is 0.0480. The summed E-state index contributed by atoms with van der Waals surface area (Å²) in [5, 5.41) is 5.75. The molecule has 0 aliphatic carbocycles. The smallest absolute Gasteiger partial charge is 0.291 e. The second-order valence-corrected chi connectivity index (χ2v) is 10.7. The standard InChI is InChI=1S/C31H29ClF2N6O4/c1-39-24(22-5-6-25(44-2)27(34)26(22)33)17-36-28(39)30(42)38-20-3-4-21(23(32)15-20)31(43)40-13-9-19(10-14-40)29(41)37-16-18-7-11-35-12-8-18/h3-8,11-12,15,17,19H,9-10,13-14,16H2,1-2H3,(H,37,41)(H,38,42). The van der Waals surface area contributed by atoms with Crippen LogP contribution in [0, 0.1) is 17.6 Å². The summed E-state index contributed by atoms with van der Waals surface area (Å²) in [7, 11) is 2.73. The number of pyridine rings is 1. The number of anilines is 1. The number of amides is 3. The molecule has 0 bridgehead atoms. The average molecular weight is 623 g/mol. The van der Waals surface area contributed by atoms with Crippen molar-refractivity contribution in [2.24, 2.45) is 13.0 Å². The van der Waals surface area contributed by atoms with Gasteiger partial charge in [-0.05, 0) is 60.9 Å². The molecule has 2 aromatic heterocycles. The number of nitrogens with zero attached hydrogens (tertiary/aromatic N) is 4. The van der Waals surface area contributed by atoms with Crippen molar-refractivity contribution in [3.05, 3.63) is 94.7 Å². The topological polar surface area (TPSA) is 118 Å². The first-order valence-corrected chi connectivity index (χ1v) is 14.2. The summed E-state index contributed by atoms with van der Waals surface area (Å²) >= 11 is 6.45. The predicted molar refractivity (Wildman–Crippen MR) is 159 cm³/mol. The number of carbonyl (C=O) groups is 3. The first kappa shape index (κ1) is 30.6. The van der Waals surface area contributed by atoms with Crippen molar-refractivity contribution in [1.82, 2.24) is 24.8 Å². The van der Waals surface area contributed by atoms with Crippen LogP contribution in [0.1, 0.15) is 39.4 Å². The van der Waals surface area contributed by atoms with Crippen LogP contribution in [0.4, 0.5) is 14.5 Å². The van der Waals surface area contributed by atoms with Gasteiger partial charge in [0.1, 0.15) is 0 Å². The maximum absolute atomic E-state index is 14.6. The zero-order valence-corrected chi connectivity index (χ0v) is 24.7. The van der Waals surface area contributed by atoms with Gasteiger partial charge in [-0.25, -0.2) is 9.37 Å². The van der Waals surface area contributed by atoms with Crippen LogP contribution in [0.15, 0.2) is 61.1 Å². The van der Waals surface area contributed by atoms with Crippen molar-refractivity contribution in [1.29, 1.82) is 0 Å². The lowest BCUT2D eigenvalue weighted by Crippen LogP contribution is -2.43. The quantitative estimate of drug-likeness (QED) is 0.290. The van der Waals surface area contributed by atoms with Crippen LogP contribution in [-0.2, 0) is 18.4 Å². The van der Waals surface area contributed by atoms with Crippen molar-refractivity contribution in [3.63, 3.8) is 0 Å². The molecule has 1 fully saturated rings. The van der Waals surface area contributed by atoms with Gasteiger partial charge in [-0.1, -0.05) is 11.6 Å². The van der Waals surface area contributed by atoms with E-state index >= 15 is 0 Å². The molecule has 0 radical (unpaired) electrons. The highest BCUT2D eigenvalue weighted by atomic mass is 35.5. The fourth-order valence-electron chi connectivity index (χ4n) is 5.06. The number of methoxy groups -OCH3 is 1. The zero-order valence-electron chi connectivity index (χ0n) is 23.9. The molecule has 0 unspecified atom stereocenters. The highest BCUT2D eigenvalue weighted by molar-refractivity contribution is 6.34. The van der Waals surface area contributed by atoms with Gasteiger partial charge in [-0.15, -0.1) is 0 Å². The van der Waals surface area contributed by atoms with E-state index in [1.54, 1.807) is 23.4 Å². The molecule has 0 saturated carbocycles. The number of imidazole rings is 1. The maximum atomic E-state index is 14.6. The van der Waals surface area contributed by atoms with Gasteiger partial charge < -0.3 is 24.8 Å². The van der Waals surface area contributed by atoms with Gasteiger partial charge in [0.15, 0.2) is 17.4 Å². The van der Waals surface area contributed by atoms with Crippen molar-refractivity contribution in [2.75, 3.05) is 25.5 Å². The number of benzene rings is 2. The number of piperidine rings is 1. The average Bonchev–Trinajstić information content (AvgIpc) is 3.42. The molecule has 0 atom stereocenters. The summed E-state index contributed by atoms with van der Waals surface area (Å²) in [6.07, 6.45) is 5.66. The van der Waals surface area contributed by atoms with Crippen LogP contribution in [0.25, 0.3) is 11.3 Å². The lowest BCUT2D eigenvalue weighted by Gasteiger charge is -2.31. The highest BCUT2D eigenvalue weighted by Gasteiger charge is 2.29. The third kappa shape index (κ3) is 6.40. The molecule has 1 aliphatic rings. The zero-order chi connectivity index (χ0) is 31.4. The minimum atomic E-state index is -1.15. The Balaban J connectivity index is 1.19. The molecule has 5 rings (SSSR count). The molecule has 2 N–H and O–H groups in total. The summed E-state index contributed by atoms with van der Waals surface area (Å²) in [6, 6.07) is 10.8. The Kier molecular flexibility index (Phi) is 9.19. The predicted octanol–water partition coefficient (Wildman–Crippen LogP) is 4.84. The summed E-state index contributed by atoms with van der Waals surface area (Å²) < 4.78 is 35.0. The second-order valence-electron chi connectivity index (χ2n) is 10.3. The lowest BCUT2D eigenvalue weighted by molar-refractivity contribution is -0.126. The van der Waals surface area contributed by atoms with Crippen LogP contribution in [0.5, 0.6) is 5.75 Å². The maximum Gasteiger partial charge on any atom is 0.291 e. The van der Waals surface area contributed by atoms with Gasteiger partial charge in [0.05, 0.1) is 29.6 Å². The molecule has 0 spiro atoms. The Morgan fingerprint density at radius 3 is 2.45 bits per heavy atom. The molecule has 1 aliphatic heterocycles. The second kappa shape index (κ2) is 13.2. The number of carbonyl (C=O) groups excluding carboxylic acids is 3. The number of halogens is 3. The monoisotopic (exact) mass is 622 g/mol. The molecule has 3 amide bonds. The van der Waals surface area contributed by atoms with Gasteiger partial charge in [0, 0.05) is 56.2 Å². The number of ether oxygens (including phenoxy) is 1. The molecule has 2 aromatic carbocycles. The van der Waals surface area contributed by atoms with Crippen molar-refractivity contribution < 1.29 is 27.9 Å². The number of likely N-dealkylation sites (tertiary alicyclic amines) is 1. The number of hydrogen-bond donors (Lipinski definition) is 2. The Morgan fingerprint density at radius 1 is 1.05 bits per heavy atom. The molecule has 4 aromatic rings. The van der Waals surface area contributed by atoms with E-state index < -0.39 is 17.5 Å². The van der Waals surface area contributed by atoms with Gasteiger partial charge in [-0.2, -0.15) is 4.39 Å². The van der Waals surface area contributed by atoms with E-state index in [2.05, 4.69) is 20.6 Å². The van der Waals surface area contributed by atoms with Gasteiger partial charge >= 0.3 is 0 Å². The molecule has 228 valence electrons. The summed E-state index contributed by atoms with van der Waals surface area (Å²) in [5.74, 6) is -3.70. The van der Waals surface area contributed by atoms with Crippen LogP contribution < -0.4 is 15.4 Å².